The summed E-state index contributed by atoms with van der Waals surface area (Å²) < 4.78 is 40.6. The van der Waals surface area contributed by atoms with Crippen LogP contribution in [0.25, 0.3) is 0 Å². The lowest BCUT2D eigenvalue weighted by Gasteiger charge is -2.32. The molecule has 1 saturated carbocycles. The zero-order valence-electron chi connectivity index (χ0n) is 20.1. The second kappa shape index (κ2) is 11.4. The highest BCUT2D eigenvalue weighted by molar-refractivity contribution is 7.92. The Kier molecular flexibility index (Phi) is 8.77. The molecule has 1 aliphatic carbocycles. The Bertz CT molecular complexity index is 1180. The number of nitrogens with zero attached hydrogens (tertiary/aromatic N) is 2. The molecule has 0 heterocycles. The fraction of sp³-hybridized carbons (Fsp3) is 0.440. The summed E-state index contributed by atoms with van der Waals surface area (Å²) in [5, 5.41) is 3.32. The highest BCUT2D eigenvalue weighted by Crippen LogP contribution is 2.25. The van der Waals surface area contributed by atoms with Gasteiger partial charge in [-0.15, -0.1) is 0 Å². The van der Waals surface area contributed by atoms with Crippen molar-refractivity contribution in [2.75, 3.05) is 17.1 Å². The summed E-state index contributed by atoms with van der Waals surface area (Å²) >= 11 is 6.19. The summed E-state index contributed by atoms with van der Waals surface area (Å²) in [4.78, 5) is 27.7. The van der Waals surface area contributed by atoms with Gasteiger partial charge >= 0.3 is 0 Å². The van der Waals surface area contributed by atoms with E-state index in [-0.39, 0.29) is 29.7 Å². The third-order valence-electron chi connectivity index (χ3n) is 6.29. The number of benzene rings is 2. The van der Waals surface area contributed by atoms with E-state index in [0.717, 1.165) is 41.8 Å². The van der Waals surface area contributed by atoms with Gasteiger partial charge in [0.1, 0.15) is 18.4 Å². The number of aryl methyl sites for hydroxylation is 1. The SMILES string of the molecule is Cc1ccc(N(CC(=O)N(Cc2ccccc2F)[C@@H](C)C(=O)NC2CCCC2)S(C)(=O)=O)cc1Cl. The molecular formula is C25H31ClFN3O4S. The molecule has 0 aromatic heterocycles. The van der Waals surface area contributed by atoms with Crippen molar-refractivity contribution < 1.29 is 22.4 Å². The van der Waals surface area contributed by atoms with Gasteiger partial charge in [-0.05, 0) is 50.5 Å². The molecule has 190 valence electrons. The third-order valence-corrected chi connectivity index (χ3v) is 7.84. The minimum atomic E-state index is -3.87. The average Bonchev–Trinajstić information content (AvgIpc) is 3.30. The maximum absolute atomic E-state index is 14.4. The number of carbonyl (C=O) groups excluding carboxylic acids is 2. The van der Waals surface area contributed by atoms with Gasteiger partial charge in [-0.25, -0.2) is 12.8 Å². The Balaban J connectivity index is 1.90. The molecule has 1 N–H and O–H groups in total. The normalized spacial score (nSPS) is 15.0. The van der Waals surface area contributed by atoms with Crippen molar-refractivity contribution in [1.82, 2.24) is 10.2 Å². The van der Waals surface area contributed by atoms with Crippen LogP contribution in [0.3, 0.4) is 0 Å². The van der Waals surface area contributed by atoms with Crippen LogP contribution in [0.4, 0.5) is 10.1 Å². The molecule has 35 heavy (non-hydrogen) atoms. The van der Waals surface area contributed by atoms with Crippen LogP contribution in [0.2, 0.25) is 5.02 Å². The highest BCUT2D eigenvalue weighted by Gasteiger charge is 2.32. The minimum Gasteiger partial charge on any atom is -0.352 e. The van der Waals surface area contributed by atoms with Crippen LogP contribution in [-0.4, -0.2) is 50.0 Å². The number of hydrogen-bond acceptors (Lipinski definition) is 4. The van der Waals surface area contributed by atoms with E-state index in [2.05, 4.69) is 5.32 Å². The predicted molar refractivity (Wildman–Crippen MR) is 135 cm³/mol. The number of anilines is 1. The zero-order valence-corrected chi connectivity index (χ0v) is 21.7. The molecule has 2 aromatic carbocycles. The fourth-order valence-electron chi connectivity index (χ4n) is 4.14. The van der Waals surface area contributed by atoms with E-state index in [1.54, 1.807) is 32.0 Å². The molecular weight excluding hydrogens is 493 g/mol. The van der Waals surface area contributed by atoms with Crippen molar-refractivity contribution in [3.05, 3.63) is 64.4 Å². The van der Waals surface area contributed by atoms with Crippen molar-refractivity contribution in [1.29, 1.82) is 0 Å². The molecule has 10 heteroatoms. The molecule has 0 aliphatic heterocycles. The summed E-state index contributed by atoms with van der Waals surface area (Å²) in [5.74, 6) is -1.51. The second-order valence-corrected chi connectivity index (χ2v) is 11.3. The smallest absolute Gasteiger partial charge is 0.244 e. The van der Waals surface area contributed by atoms with Gasteiger partial charge in [0, 0.05) is 23.2 Å². The van der Waals surface area contributed by atoms with E-state index in [1.807, 2.05) is 0 Å². The summed E-state index contributed by atoms with van der Waals surface area (Å²) in [7, 11) is -3.87. The maximum Gasteiger partial charge on any atom is 0.244 e. The average molecular weight is 524 g/mol. The molecule has 3 rings (SSSR count). The van der Waals surface area contributed by atoms with Gasteiger partial charge in [-0.3, -0.25) is 13.9 Å². The molecule has 1 fully saturated rings. The van der Waals surface area contributed by atoms with Crippen LogP contribution in [0.15, 0.2) is 42.5 Å². The topological polar surface area (TPSA) is 86.8 Å². The lowest BCUT2D eigenvalue weighted by molar-refractivity contribution is -0.139. The highest BCUT2D eigenvalue weighted by atomic mass is 35.5. The van der Waals surface area contributed by atoms with E-state index in [0.29, 0.717) is 5.02 Å². The number of nitrogens with one attached hydrogen (secondary N) is 1. The van der Waals surface area contributed by atoms with Crippen LogP contribution in [0, 0.1) is 12.7 Å². The monoisotopic (exact) mass is 523 g/mol. The van der Waals surface area contributed by atoms with Crippen LogP contribution in [0.1, 0.15) is 43.7 Å². The van der Waals surface area contributed by atoms with Crippen LogP contribution < -0.4 is 9.62 Å². The number of halogens is 2. The van der Waals surface area contributed by atoms with Gasteiger partial charge in [-0.1, -0.05) is 48.7 Å². The number of hydrogen-bond donors (Lipinski definition) is 1. The lowest BCUT2D eigenvalue weighted by Crippen LogP contribution is -2.52. The molecule has 0 bridgehead atoms. The van der Waals surface area contributed by atoms with Crippen molar-refractivity contribution >= 4 is 39.1 Å². The van der Waals surface area contributed by atoms with Crippen LogP contribution >= 0.6 is 11.6 Å². The molecule has 1 atom stereocenters. The van der Waals surface area contributed by atoms with Crippen molar-refractivity contribution in [2.45, 2.75) is 58.2 Å². The predicted octanol–water partition coefficient (Wildman–Crippen LogP) is 4.03. The minimum absolute atomic E-state index is 0.0394. The Hall–Kier alpha value is -2.65. The van der Waals surface area contributed by atoms with Crippen molar-refractivity contribution in [3.63, 3.8) is 0 Å². The zero-order chi connectivity index (χ0) is 25.8. The van der Waals surface area contributed by atoms with E-state index in [9.17, 15) is 22.4 Å². The first-order valence-electron chi connectivity index (χ1n) is 11.5. The van der Waals surface area contributed by atoms with Crippen molar-refractivity contribution in [2.24, 2.45) is 0 Å². The first-order chi connectivity index (χ1) is 16.5. The van der Waals surface area contributed by atoms with Gasteiger partial charge in [0.05, 0.1) is 11.9 Å². The van der Waals surface area contributed by atoms with E-state index < -0.39 is 34.3 Å². The quantitative estimate of drug-likeness (QED) is 0.537. The van der Waals surface area contributed by atoms with Crippen LogP contribution in [-0.2, 0) is 26.2 Å². The molecule has 1 aliphatic rings. The van der Waals surface area contributed by atoms with Gasteiger partial charge in [-0.2, -0.15) is 0 Å². The number of sulfonamides is 1. The Morgan fingerprint density at radius 2 is 1.83 bits per heavy atom. The van der Waals surface area contributed by atoms with E-state index in [1.165, 1.54) is 29.2 Å². The lowest BCUT2D eigenvalue weighted by atomic mass is 10.1. The largest absolute Gasteiger partial charge is 0.352 e. The molecule has 2 amide bonds. The summed E-state index contributed by atoms with van der Waals surface area (Å²) in [6.45, 7) is 2.60. The van der Waals surface area contributed by atoms with Gasteiger partial charge in [0.15, 0.2) is 0 Å². The molecule has 0 unspecified atom stereocenters. The molecule has 0 spiro atoms. The Labute approximate surface area is 211 Å². The third kappa shape index (κ3) is 6.95. The Morgan fingerprint density at radius 3 is 2.43 bits per heavy atom. The molecule has 0 saturated heterocycles. The van der Waals surface area contributed by atoms with E-state index >= 15 is 0 Å². The first-order valence-corrected chi connectivity index (χ1v) is 13.8. The molecule has 0 radical (unpaired) electrons. The summed E-state index contributed by atoms with van der Waals surface area (Å²) in [5.41, 5.74) is 1.21. The van der Waals surface area contributed by atoms with Crippen LogP contribution in [0.5, 0.6) is 0 Å². The standard InChI is InChI=1S/C25H31ClFN3O4S/c1-17-12-13-21(14-22(17)26)30(35(3,33)34)16-24(31)29(15-19-8-4-7-11-23(19)27)18(2)25(32)28-20-9-5-6-10-20/h4,7-8,11-14,18,20H,5-6,9-10,15-16H2,1-3H3,(H,28,32)/t18-/m0/s1. The summed E-state index contributed by atoms with van der Waals surface area (Å²) in [6.07, 6.45) is 4.79. The van der Waals surface area contributed by atoms with Gasteiger partial charge in [0.25, 0.3) is 0 Å². The summed E-state index contributed by atoms with van der Waals surface area (Å²) in [6, 6.07) is 9.78. The maximum atomic E-state index is 14.4. The first kappa shape index (κ1) is 26.9. The van der Waals surface area contributed by atoms with Gasteiger partial charge < -0.3 is 10.2 Å². The number of amides is 2. The second-order valence-electron chi connectivity index (χ2n) is 8.98. The van der Waals surface area contributed by atoms with Crippen molar-refractivity contribution in [3.8, 4) is 0 Å². The molecule has 7 nitrogen and oxygen atoms in total. The Morgan fingerprint density at radius 1 is 1.17 bits per heavy atom. The number of rotatable bonds is 9. The fourth-order valence-corrected chi connectivity index (χ4v) is 5.15. The van der Waals surface area contributed by atoms with Gasteiger partial charge in [0.2, 0.25) is 21.8 Å². The van der Waals surface area contributed by atoms with E-state index in [4.69, 9.17) is 11.6 Å². The molecule has 2 aromatic rings. The number of carbonyl (C=O) groups is 2.